The summed E-state index contributed by atoms with van der Waals surface area (Å²) in [5.74, 6) is 0. The Morgan fingerprint density at radius 1 is 1.00 bits per heavy atom. The molecule has 0 aliphatic rings. The predicted molar refractivity (Wildman–Crippen MR) is 75.7 cm³/mol. The second-order valence-electron chi connectivity index (χ2n) is 6.69. The van der Waals surface area contributed by atoms with E-state index in [1.807, 2.05) is 0 Å². The van der Waals surface area contributed by atoms with Gasteiger partial charge in [0.2, 0.25) is 0 Å². The topological polar surface area (TPSA) is 26.0 Å². The van der Waals surface area contributed by atoms with Crippen molar-refractivity contribution in [1.29, 1.82) is 0 Å². The average molecular weight is 333 g/mol. The molecule has 0 aromatic rings. The van der Waals surface area contributed by atoms with Crippen molar-refractivity contribution in [2.75, 3.05) is 0 Å². The molecular weight excluding hydrogens is 305 g/mol. The Morgan fingerprint density at radius 3 is 1.57 bits per heavy atom. The molecule has 0 aromatic heterocycles. The number of nitrogens with two attached hydrogens (primary N) is 1. The SMILES string of the molecule is C[CH2][In]([NH2])[CH2]C([Si](C)(C)C)[Si](C)(C)C. The zero-order valence-electron chi connectivity index (χ0n) is 11.1. The zero-order chi connectivity index (χ0) is 11.6. The van der Waals surface area contributed by atoms with Gasteiger partial charge in [-0.05, 0) is 0 Å². The van der Waals surface area contributed by atoms with E-state index in [2.05, 4.69) is 46.2 Å². The van der Waals surface area contributed by atoms with E-state index in [0.717, 1.165) is 5.16 Å². The molecule has 0 heterocycles. The van der Waals surface area contributed by atoms with Gasteiger partial charge in [-0.3, -0.25) is 0 Å². The summed E-state index contributed by atoms with van der Waals surface area (Å²) < 4.78 is 9.14. The maximum absolute atomic E-state index is 6.32. The van der Waals surface area contributed by atoms with E-state index in [4.69, 9.17) is 3.72 Å². The van der Waals surface area contributed by atoms with Crippen molar-refractivity contribution >= 4 is 37.9 Å². The van der Waals surface area contributed by atoms with Gasteiger partial charge in [-0.25, -0.2) is 0 Å². The van der Waals surface area contributed by atoms with Crippen LogP contribution in [0.25, 0.3) is 0 Å². The molecule has 0 bridgehead atoms. The molecule has 84 valence electrons. The van der Waals surface area contributed by atoms with Crippen LogP contribution >= 0.6 is 0 Å². The molecule has 0 rings (SSSR count). The van der Waals surface area contributed by atoms with E-state index in [1.54, 1.807) is 0 Å². The molecule has 4 heteroatoms. The molecular formula is C10H28InNSi2. The standard InChI is InChI=1S/C8H21Si2.C2H5.In.H2N/c1-8(9(2,3)4)10(5,6)7;1-2;;/h8H,1H2,2-7H3;1H2,2H3;;1H2/q;;+1;-1. The fourth-order valence-electron chi connectivity index (χ4n) is 2.48. The van der Waals surface area contributed by atoms with Crippen molar-refractivity contribution in [2.24, 2.45) is 3.72 Å². The van der Waals surface area contributed by atoms with Gasteiger partial charge in [-0.15, -0.1) is 0 Å². The van der Waals surface area contributed by atoms with Crippen molar-refractivity contribution in [2.45, 2.75) is 59.7 Å². The summed E-state index contributed by atoms with van der Waals surface area (Å²) in [6, 6.07) is 0. The third-order valence-electron chi connectivity index (χ3n) is 3.15. The molecule has 0 saturated heterocycles. The van der Waals surface area contributed by atoms with Crippen LogP contribution in [-0.4, -0.2) is 37.9 Å². The van der Waals surface area contributed by atoms with E-state index >= 15 is 0 Å². The maximum atomic E-state index is 6.32. The van der Waals surface area contributed by atoms with Crippen molar-refractivity contribution < 1.29 is 0 Å². The van der Waals surface area contributed by atoms with Gasteiger partial charge in [-0.1, -0.05) is 0 Å². The van der Waals surface area contributed by atoms with Gasteiger partial charge < -0.3 is 0 Å². The van der Waals surface area contributed by atoms with Crippen LogP contribution in [0, 0.1) is 0 Å². The van der Waals surface area contributed by atoms with Gasteiger partial charge in [0.1, 0.15) is 0 Å². The van der Waals surface area contributed by atoms with Crippen LogP contribution in [0.3, 0.4) is 0 Å². The van der Waals surface area contributed by atoms with Crippen LogP contribution in [0.1, 0.15) is 6.92 Å². The van der Waals surface area contributed by atoms with E-state index in [1.165, 1.54) is 8.35 Å². The van der Waals surface area contributed by atoms with E-state index in [-0.39, 0.29) is 0 Å². The molecule has 0 aromatic carbocycles. The molecule has 0 saturated carbocycles. The van der Waals surface area contributed by atoms with E-state index in [0.29, 0.717) is 0 Å². The molecule has 0 amide bonds. The minimum atomic E-state index is -1.53. The molecule has 0 aliphatic heterocycles. The van der Waals surface area contributed by atoms with Crippen LogP contribution in [-0.2, 0) is 0 Å². The monoisotopic (exact) mass is 333 g/mol. The molecule has 1 nitrogen and oxygen atoms in total. The Labute approximate surface area is 101 Å². The Bertz CT molecular complexity index is 158. The fraction of sp³-hybridized carbons (Fsp3) is 1.00. The third-order valence-corrected chi connectivity index (χ3v) is 21.8. The molecule has 0 atom stereocenters. The summed E-state index contributed by atoms with van der Waals surface area (Å²) in [6.07, 6.45) is 0. The van der Waals surface area contributed by atoms with Gasteiger partial charge in [0.05, 0.1) is 0 Å². The van der Waals surface area contributed by atoms with Crippen LogP contribution in [0.15, 0.2) is 0 Å². The molecule has 0 spiro atoms. The van der Waals surface area contributed by atoms with E-state index in [9.17, 15) is 0 Å². The summed E-state index contributed by atoms with van der Waals surface area (Å²) in [4.78, 5) is 0. The van der Waals surface area contributed by atoms with Crippen molar-refractivity contribution in [3.05, 3.63) is 0 Å². The van der Waals surface area contributed by atoms with Crippen molar-refractivity contribution in [3.8, 4) is 0 Å². The summed E-state index contributed by atoms with van der Waals surface area (Å²) in [5.41, 5.74) is 0. The molecule has 0 aliphatic carbocycles. The molecule has 0 unspecified atom stereocenters. The summed E-state index contributed by atoms with van der Waals surface area (Å²) in [7, 11) is -1.93. The normalized spacial score (nSPS) is 13.5. The predicted octanol–water partition coefficient (Wildman–Crippen LogP) is 3.54. The Morgan fingerprint density at radius 2 is 1.36 bits per heavy atom. The van der Waals surface area contributed by atoms with Gasteiger partial charge >= 0.3 is 101 Å². The van der Waals surface area contributed by atoms with Gasteiger partial charge in [0.25, 0.3) is 0 Å². The summed E-state index contributed by atoms with van der Waals surface area (Å²) in [5, 5.41) is 1.06. The molecule has 0 radical (unpaired) electrons. The first-order valence-electron chi connectivity index (χ1n) is 5.84. The quantitative estimate of drug-likeness (QED) is 0.765. The number of hydrogen-bond acceptors (Lipinski definition) is 1. The molecule has 14 heavy (non-hydrogen) atoms. The second-order valence-corrected chi connectivity index (χ2v) is 26.1. The average Bonchev–Trinajstić information content (AvgIpc) is 1.95. The number of rotatable bonds is 5. The first kappa shape index (κ1) is 15.3. The Balaban J connectivity index is 4.59. The summed E-state index contributed by atoms with van der Waals surface area (Å²) >= 11 is -1.53. The van der Waals surface area contributed by atoms with Crippen LogP contribution in [0.5, 0.6) is 0 Å². The second kappa shape index (κ2) is 5.55. The van der Waals surface area contributed by atoms with Crippen LogP contribution < -0.4 is 3.72 Å². The van der Waals surface area contributed by atoms with E-state index < -0.39 is 37.9 Å². The third kappa shape index (κ3) is 5.38. The van der Waals surface area contributed by atoms with Crippen molar-refractivity contribution in [1.82, 2.24) is 0 Å². The van der Waals surface area contributed by atoms with Gasteiger partial charge in [0.15, 0.2) is 0 Å². The van der Waals surface area contributed by atoms with Crippen molar-refractivity contribution in [3.63, 3.8) is 0 Å². The Kier molecular flexibility index (Phi) is 6.05. The number of hydrogen-bond donors (Lipinski definition) is 1. The Hall–Kier alpha value is 1.26. The first-order chi connectivity index (χ1) is 6.09. The van der Waals surface area contributed by atoms with Crippen LogP contribution in [0.4, 0.5) is 0 Å². The zero-order valence-corrected chi connectivity index (χ0v) is 16.4. The van der Waals surface area contributed by atoms with Gasteiger partial charge in [-0.2, -0.15) is 0 Å². The fourth-order valence-corrected chi connectivity index (χ4v) is 33.1. The summed E-state index contributed by atoms with van der Waals surface area (Å²) in [6.45, 7) is 17.5. The first-order valence-corrected chi connectivity index (χ1v) is 19.6. The molecule has 2 N–H and O–H groups in total. The van der Waals surface area contributed by atoms with Crippen LogP contribution in [0.2, 0.25) is 52.8 Å². The molecule has 0 fully saturated rings. The van der Waals surface area contributed by atoms with Gasteiger partial charge in [0, 0.05) is 0 Å². The minimum absolute atomic E-state index is 0.967.